The van der Waals surface area contributed by atoms with Crippen LogP contribution in [0, 0.1) is 12.7 Å². The van der Waals surface area contributed by atoms with Crippen LogP contribution >= 0.6 is 0 Å². The highest BCUT2D eigenvalue weighted by Gasteiger charge is 2.13. The molecule has 0 spiro atoms. The van der Waals surface area contributed by atoms with E-state index in [1.807, 2.05) is 0 Å². The van der Waals surface area contributed by atoms with Crippen molar-refractivity contribution in [3.63, 3.8) is 0 Å². The van der Waals surface area contributed by atoms with Crippen LogP contribution in [-0.4, -0.2) is 25.2 Å². The number of carboxylic acid groups (broad SMARTS) is 1. The summed E-state index contributed by atoms with van der Waals surface area (Å²) in [7, 11) is -3.72. The fourth-order valence-corrected chi connectivity index (χ4v) is 2.47. The van der Waals surface area contributed by atoms with Gasteiger partial charge in [-0.05, 0) is 31.0 Å². The number of anilines is 1. The van der Waals surface area contributed by atoms with Crippen LogP contribution in [0.5, 0.6) is 0 Å². The zero-order chi connectivity index (χ0) is 13.8. The van der Waals surface area contributed by atoms with Gasteiger partial charge in [-0.3, -0.25) is 9.52 Å². The lowest BCUT2D eigenvalue weighted by Gasteiger charge is -2.09. The lowest BCUT2D eigenvalue weighted by atomic mass is 10.2. The first kappa shape index (κ1) is 14.4. The van der Waals surface area contributed by atoms with Gasteiger partial charge in [0.25, 0.3) is 0 Å². The molecule has 0 aliphatic heterocycles. The van der Waals surface area contributed by atoms with Crippen molar-refractivity contribution < 1.29 is 22.7 Å². The standard InChI is InChI=1S/C11H14FNO4S/c1-8-4-5-9(12)10(7-8)13-18(16,17)6-2-3-11(14)15/h4-5,7,13H,2-3,6H2,1H3,(H,14,15). The molecule has 0 radical (unpaired) electrons. The monoisotopic (exact) mass is 275 g/mol. The molecule has 0 saturated heterocycles. The van der Waals surface area contributed by atoms with Gasteiger partial charge in [-0.2, -0.15) is 0 Å². The number of halogens is 1. The fourth-order valence-electron chi connectivity index (χ4n) is 1.35. The molecule has 100 valence electrons. The average molecular weight is 275 g/mol. The van der Waals surface area contributed by atoms with Crippen molar-refractivity contribution in [2.75, 3.05) is 10.5 Å². The van der Waals surface area contributed by atoms with Crippen molar-refractivity contribution >= 4 is 21.7 Å². The van der Waals surface area contributed by atoms with E-state index in [2.05, 4.69) is 4.72 Å². The Labute approximate surface area is 105 Å². The van der Waals surface area contributed by atoms with Crippen molar-refractivity contribution in [1.29, 1.82) is 0 Å². The van der Waals surface area contributed by atoms with Gasteiger partial charge in [0.2, 0.25) is 10.0 Å². The Balaban J connectivity index is 2.70. The zero-order valence-corrected chi connectivity index (χ0v) is 10.6. The summed E-state index contributed by atoms with van der Waals surface area (Å²) in [6, 6.07) is 4.08. The average Bonchev–Trinajstić information content (AvgIpc) is 2.22. The molecule has 1 aromatic carbocycles. The maximum Gasteiger partial charge on any atom is 0.303 e. The van der Waals surface area contributed by atoms with Gasteiger partial charge in [-0.15, -0.1) is 0 Å². The van der Waals surface area contributed by atoms with E-state index in [1.165, 1.54) is 18.2 Å². The summed E-state index contributed by atoms with van der Waals surface area (Å²) < 4.78 is 38.6. The van der Waals surface area contributed by atoms with Gasteiger partial charge in [-0.25, -0.2) is 12.8 Å². The molecule has 1 aromatic rings. The normalized spacial score (nSPS) is 11.2. The first-order valence-electron chi connectivity index (χ1n) is 5.28. The number of carboxylic acids is 1. The van der Waals surface area contributed by atoms with Crippen molar-refractivity contribution in [2.45, 2.75) is 19.8 Å². The summed E-state index contributed by atoms with van der Waals surface area (Å²) >= 11 is 0. The minimum absolute atomic E-state index is 0.0158. The summed E-state index contributed by atoms with van der Waals surface area (Å²) in [4.78, 5) is 10.3. The minimum Gasteiger partial charge on any atom is -0.481 e. The predicted molar refractivity (Wildman–Crippen MR) is 65.4 cm³/mol. The molecule has 0 amide bonds. The third kappa shape index (κ3) is 4.70. The molecule has 5 nitrogen and oxygen atoms in total. The summed E-state index contributed by atoms with van der Waals surface area (Å²) in [6.07, 6.45) is -0.255. The lowest BCUT2D eigenvalue weighted by Crippen LogP contribution is -2.18. The number of nitrogens with one attached hydrogen (secondary N) is 1. The summed E-state index contributed by atoms with van der Waals surface area (Å²) in [5, 5.41) is 8.41. The second-order valence-corrected chi connectivity index (χ2v) is 5.74. The summed E-state index contributed by atoms with van der Waals surface area (Å²) in [5.41, 5.74) is 0.602. The Morgan fingerprint density at radius 3 is 2.72 bits per heavy atom. The first-order valence-corrected chi connectivity index (χ1v) is 6.94. The van der Waals surface area contributed by atoms with E-state index in [9.17, 15) is 17.6 Å². The molecule has 0 fully saturated rings. The number of aryl methyl sites for hydroxylation is 1. The third-order valence-electron chi connectivity index (χ3n) is 2.19. The Morgan fingerprint density at radius 1 is 1.44 bits per heavy atom. The van der Waals surface area contributed by atoms with Crippen LogP contribution in [0.1, 0.15) is 18.4 Å². The number of hydrogen-bond acceptors (Lipinski definition) is 3. The van der Waals surface area contributed by atoms with Gasteiger partial charge >= 0.3 is 5.97 Å². The van der Waals surface area contributed by atoms with Gasteiger partial charge in [0.15, 0.2) is 0 Å². The number of benzene rings is 1. The van der Waals surface area contributed by atoms with Gasteiger partial charge in [-0.1, -0.05) is 6.07 Å². The van der Waals surface area contributed by atoms with Crippen molar-refractivity contribution in [3.8, 4) is 0 Å². The molecular weight excluding hydrogens is 261 g/mol. The van der Waals surface area contributed by atoms with E-state index in [-0.39, 0.29) is 24.3 Å². The van der Waals surface area contributed by atoms with E-state index < -0.39 is 21.8 Å². The topological polar surface area (TPSA) is 83.5 Å². The van der Waals surface area contributed by atoms with Crippen molar-refractivity contribution in [3.05, 3.63) is 29.6 Å². The van der Waals surface area contributed by atoms with Crippen LogP contribution in [0.15, 0.2) is 18.2 Å². The molecule has 0 heterocycles. The molecule has 0 aliphatic rings. The molecule has 0 bridgehead atoms. The van der Waals surface area contributed by atoms with E-state index in [4.69, 9.17) is 5.11 Å². The smallest absolute Gasteiger partial charge is 0.303 e. The maximum atomic E-state index is 13.3. The quantitative estimate of drug-likeness (QED) is 0.828. The predicted octanol–water partition coefficient (Wildman–Crippen LogP) is 1.74. The summed E-state index contributed by atoms with van der Waals surface area (Å²) in [6.45, 7) is 1.71. The number of aliphatic carboxylic acids is 1. The Morgan fingerprint density at radius 2 is 2.11 bits per heavy atom. The molecule has 0 aromatic heterocycles. The van der Waals surface area contributed by atoms with Crippen LogP contribution in [-0.2, 0) is 14.8 Å². The summed E-state index contributed by atoms with van der Waals surface area (Å²) in [5.74, 6) is -2.08. The number of rotatable bonds is 6. The van der Waals surface area contributed by atoms with Crippen molar-refractivity contribution in [2.24, 2.45) is 0 Å². The molecule has 2 N–H and O–H groups in total. The van der Waals surface area contributed by atoms with Crippen LogP contribution < -0.4 is 4.72 Å². The molecule has 1 rings (SSSR count). The Bertz CT molecular complexity index is 542. The number of sulfonamides is 1. The van der Waals surface area contributed by atoms with Gasteiger partial charge in [0.05, 0.1) is 11.4 Å². The van der Waals surface area contributed by atoms with E-state index in [0.29, 0.717) is 0 Å². The highest BCUT2D eigenvalue weighted by atomic mass is 32.2. The number of carbonyl (C=O) groups is 1. The third-order valence-corrected chi connectivity index (χ3v) is 3.55. The highest BCUT2D eigenvalue weighted by molar-refractivity contribution is 7.92. The Kier molecular flexibility index (Phi) is 4.66. The largest absolute Gasteiger partial charge is 0.481 e. The van der Waals surface area contributed by atoms with E-state index >= 15 is 0 Å². The minimum atomic E-state index is -3.72. The molecule has 0 atom stereocenters. The van der Waals surface area contributed by atoms with E-state index in [0.717, 1.165) is 5.56 Å². The molecule has 0 unspecified atom stereocenters. The molecule has 18 heavy (non-hydrogen) atoms. The van der Waals surface area contributed by atoms with Crippen LogP contribution in [0.4, 0.5) is 10.1 Å². The van der Waals surface area contributed by atoms with Crippen LogP contribution in [0.3, 0.4) is 0 Å². The fraction of sp³-hybridized carbons (Fsp3) is 0.364. The van der Waals surface area contributed by atoms with Crippen molar-refractivity contribution in [1.82, 2.24) is 0 Å². The molecule has 0 saturated carbocycles. The lowest BCUT2D eigenvalue weighted by molar-refractivity contribution is -0.137. The first-order chi connectivity index (χ1) is 8.30. The van der Waals surface area contributed by atoms with Gasteiger partial charge in [0, 0.05) is 6.42 Å². The SMILES string of the molecule is Cc1ccc(F)c(NS(=O)(=O)CCCC(=O)O)c1. The molecule has 7 heteroatoms. The molecular formula is C11H14FNO4S. The highest BCUT2D eigenvalue weighted by Crippen LogP contribution is 2.17. The van der Waals surface area contributed by atoms with Crippen LogP contribution in [0.2, 0.25) is 0 Å². The molecule has 0 aliphatic carbocycles. The maximum absolute atomic E-state index is 13.3. The second kappa shape index (κ2) is 5.81. The van der Waals surface area contributed by atoms with Crippen LogP contribution in [0.25, 0.3) is 0 Å². The Hall–Kier alpha value is -1.63. The van der Waals surface area contributed by atoms with Gasteiger partial charge in [0.1, 0.15) is 5.82 Å². The van der Waals surface area contributed by atoms with E-state index in [1.54, 1.807) is 6.92 Å². The van der Waals surface area contributed by atoms with Gasteiger partial charge < -0.3 is 5.11 Å². The number of hydrogen-bond donors (Lipinski definition) is 2. The second-order valence-electron chi connectivity index (χ2n) is 3.90. The zero-order valence-electron chi connectivity index (χ0n) is 9.81.